The summed E-state index contributed by atoms with van der Waals surface area (Å²) in [5, 5.41) is 0. The van der Waals surface area contributed by atoms with E-state index in [0.717, 1.165) is 65.8 Å². The molecule has 53 heavy (non-hydrogen) atoms. The quantitative estimate of drug-likeness (QED) is 0.145. The van der Waals surface area contributed by atoms with Crippen molar-refractivity contribution in [2.75, 3.05) is 32.4 Å². The first-order valence-electron chi connectivity index (χ1n) is 19.8. The van der Waals surface area contributed by atoms with Crippen molar-refractivity contribution in [3.05, 3.63) is 82.7 Å². The molecule has 7 nitrogen and oxygen atoms in total. The SMILES string of the molecule is CCC(C)CC(CC)c1cc(OC)c2c(c1)OCO2.CCC=O.CCCC(CCC)N(C)Cc1ccc(F)c(C)c1.CCN1C(=O)Cc2ccccc21. The van der Waals surface area contributed by atoms with Gasteiger partial charge in [-0.1, -0.05) is 91.1 Å². The molecule has 2 aliphatic rings. The number of carbonyl (C=O) groups excluding carboxylic acids is 2. The third-order valence-corrected chi connectivity index (χ3v) is 9.96. The van der Waals surface area contributed by atoms with E-state index in [-0.39, 0.29) is 18.5 Å². The van der Waals surface area contributed by atoms with E-state index < -0.39 is 0 Å². The Morgan fingerprint density at radius 3 is 2.21 bits per heavy atom. The first kappa shape index (κ1) is 45.2. The number of aryl methyl sites for hydroxylation is 1. The molecule has 2 unspecified atom stereocenters. The summed E-state index contributed by atoms with van der Waals surface area (Å²) in [5.41, 5.74) is 5.48. The van der Waals surface area contributed by atoms with E-state index in [4.69, 9.17) is 14.2 Å². The first-order valence-corrected chi connectivity index (χ1v) is 19.8. The highest BCUT2D eigenvalue weighted by Gasteiger charge is 2.25. The van der Waals surface area contributed by atoms with E-state index in [2.05, 4.69) is 58.7 Å². The van der Waals surface area contributed by atoms with Crippen molar-refractivity contribution in [2.24, 2.45) is 5.92 Å². The van der Waals surface area contributed by atoms with Gasteiger partial charge in [0.2, 0.25) is 18.4 Å². The van der Waals surface area contributed by atoms with Crippen LogP contribution in [-0.4, -0.2) is 50.6 Å². The van der Waals surface area contributed by atoms with Gasteiger partial charge in [0.1, 0.15) is 12.1 Å². The van der Waals surface area contributed by atoms with Crippen LogP contribution in [-0.2, 0) is 22.6 Å². The Labute approximate surface area is 320 Å². The minimum absolute atomic E-state index is 0.111. The standard InChI is InChI=1S/C16H26FN.C16H24O3.C10H11NO.C3H6O/c1-5-7-15(8-6-2)18(4)12-14-9-10-16(17)13(3)11-14;1-5-11(3)7-12(6-2)13-8-14(17-4)16-15(9-13)18-10-19-16;1-2-11-9-6-4-3-5-8(9)7-10(11)12;1-2-3-4/h9-11,15H,5-8,12H2,1-4H3;8-9,11-12H,5-7,10H2,1-4H3;3-6H,2,7H2,1H3;3H,2H2,1H3. The second-order valence-corrected chi connectivity index (χ2v) is 14.1. The van der Waals surface area contributed by atoms with Crippen LogP contribution in [0, 0.1) is 18.7 Å². The minimum atomic E-state index is -0.111. The molecule has 2 atom stereocenters. The molecule has 8 heteroatoms. The monoisotopic (exact) mass is 735 g/mol. The Kier molecular flexibility index (Phi) is 20.8. The largest absolute Gasteiger partial charge is 0.493 e. The second kappa shape index (κ2) is 24.4. The van der Waals surface area contributed by atoms with Gasteiger partial charge < -0.3 is 23.9 Å². The van der Waals surface area contributed by atoms with Crippen LogP contribution in [0.15, 0.2) is 54.6 Å². The fraction of sp³-hybridized carbons (Fsp3) is 0.556. The van der Waals surface area contributed by atoms with Crippen LogP contribution in [0.3, 0.4) is 0 Å². The number of aldehydes is 1. The number of anilines is 1. The van der Waals surface area contributed by atoms with E-state index >= 15 is 0 Å². The number of amides is 1. The number of hydrogen-bond acceptors (Lipinski definition) is 6. The summed E-state index contributed by atoms with van der Waals surface area (Å²) in [6.07, 6.45) is 10.6. The number of nitrogens with zero attached hydrogens (tertiary/aromatic N) is 2. The molecule has 0 spiro atoms. The van der Waals surface area contributed by atoms with Gasteiger partial charge in [-0.15, -0.1) is 0 Å². The molecular weight excluding hydrogens is 668 g/mol. The van der Waals surface area contributed by atoms with Crippen LogP contribution >= 0.6 is 0 Å². The van der Waals surface area contributed by atoms with Crippen molar-refractivity contribution in [1.29, 1.82) is 0 Å². The second-order valence-electron chi connectivity index (χ2n) is 14.1. The predicted molar refractivity (Wildman–Crippen MR) is 217 cm³/mol. The van der Waals surface area contributed by atoms with Crippen molar-refractivity contribution < 1.29 is 28.2 Å². The summed E-state index contributed by atoms with van der Waals surface area (Å²) in [6.45, 7) is 18.9. The molecule has 294 valence electrons. The maximum Gasteiger partial charge on any atom is 0.231 e. The lowest BCUT2D eigenvalue weighted by Gasteiger charge is -2.28. The molecule has 0 radical (unpaired) electrons. The van der Waals surface area contributed by atoms with Gasteiger partial charge in [-0.25, -0.2) is 4.39 Å². The van der Waals surface area contributed by atoms with E-state index in [1.54, 1.807) is 13.2 Å². The Morgan fingerprint density at radius 2 is 1.64 bits per heavy atom. The highest BCUT2D eigenvalue weighted by Crippen LogP contribution is 2.44. The van der Waals surface area contributed by atoms with Gasteiger partial charge in [0, 0.05) is 31.2 Å². The molecule has 1 amide bonds. The van der Waals surface area contributed by atoms with E-state index in [9.17, 15) is 14.0 Å². The van der Waals surface area contributed by atoms with Crippen LogP contribution in [0.25, 0.3) is 0 Å². The van der Waals surface area contributed by atoms with Crippen molar-refractivity contribution in [3.8, 4) is 17.2 Å². The molecule has 0 aliphatic carbocycles. The molecular formula is C45H67FN2O5. The fourth-order valence-electron chi connectivity index (χ4n) is 6.71. The number of carbonyl (C=O) groups is 2. The zero-order valence-corrected chi connectivity index (χ0v) is 34.3. The van der Waals surface area contributed by atoms with E-state index in [0.29, 0.717) is 24.8 Å². The van der Waals surface area contributed by atoms with Gasteiger partial charge in [0.25, 0.3) is 0 Å². The normalized spacial score (nSPS) is 13.6. The van der Waals surface area contributed by atoms with Crippen molar-refractivity contribution >= 4 is 17.9 Å². The first-order chi connectivity index (χ1) is 25.5. The lowest BCUT2D eigenvalue weighted by molar-refractivity contribution is -0.117. The average molecular weight is 735 g/mol. The summed E-state index contributed by atoms with van der Waals surface area (Å²) in [6, 6.07) is 18.3. The molecule has 0 fully saturated rings. The van der Waals surface area contributed by atoms with Gasteiger partial charge >= 0.3 is 0 Å². The Hall–Kier alpha value is -3.91. The molecule has 3 aromatic carbocycles. The van der Waals surface area contributed by atoms with Crippen LogP contribution in [0.2, 0.25) is 0 Å². The topological polar surface area (TPSA) is 68.3 Å². The lowest BCUT2D eigenvalue weighted by Crippen LogP contribution is -2.31. The molecule has 5 rings (SSSR count). The minimum Gasteiger partial charge on any atom is -0.493 e. The Balaban J connectivity index is 0.000000267. The maximum atomic E-state index is 13.2. The van der Waals surface area contributed by atoms with Crippen molar-refractivity contribution in [3.63, 3.8) is 0 Å². The highest BCUT2D eigenvalue weighted by molar-refractivity contribution is 6.01. The van der Waals surface area contributed by atoms with Gasteiger partial charge in [-0.3, -0.25) is 9.69 Å². The van der Waals surface area contributed by atoms with Crippen LogP contribution in [0.4, 0.5) is 10.1 Å². The number of benzene rings is 3. The molecule has 2 heterocycles. The number of halogens is 1. The number of fused-ring (bicyclic) bond motifs is 2. The number of hydrogen-bond donors (Lipinski definition) is 0. The van der Waals surface area contributed by atoms with Gasteiger partial charge in [-0.05, 0) is 105 Å². The third-order valence-electron chi connectivity index (χ3n) is 9.96. The van der Waals surface area contributed by atoms with E-state index in [1.165, 1.54) is 49.7 Å². The molecule has 0 bridgehead atoms. The fourth-order valence-corrected chi connectivity index (χ4v) is 6.71. The van der Waals surface area contributed by atoms with Crippen molar-refractivity contribution in [1.82, 2.24) is 4.90 Å². The molecule has 2 aliphatic heterocycles. The third kappa shape index (κ3) is 14.1. The number of likely N-dealkylation sites (N-methyl/N-ethyl adjacent to an activating group) is 1. The predicted octanol–water partition coefficient (Wildman–Crippen LogP) is 11.1. The molecule has 0 saturated heterocycles. The highest BCUT2D eigenvalue weighted by atomic mass is 19.1. The summed E-state index contributed by atoms with van der Waals surface area (Å²) >= 11 is 0. The number of rotatable bonds is 15. The van der Waals surface area contributed by atoms with Crippen LogP contribution in [0.5, 0.6) is 17.2 Å². The summed E-state index contributed by atoms with van der Waals surface area (Å²) in [5.74, 6) is 3.74. The Morgan fingerprint density at radius 1 is 0.962 bits per heavy atom. The molecule has 0 saturated carbocycles. The van der Waals surface area contributed by atoms with Gasteiger partial charge in [-0.2, -0.15) is 0 Å². The smallest absolute Gasteiger partial charge is 0.231 e. The zero-order valence-electron chi connectivity index (χ0n) is 34.3. The zero-order chi connectivity index (χ0) is 39.3. The van der Waals surface area contributed by atoms with Crippen LogP contribution in [0.1, 0.15) is 128 Å². The summed E-state index contributed by atoms with van der Waals surface area (Å²) < 4.78 is 29.6. The van der Waals surface area contributed by atoms with Gasteiger partial charge in [0.05, 0.1) is 13.5 Å². The Bertz CT molecular complexity index is 1520. The number of methoxy groups -OCH3 is 1. The summed E-state index contributed by atoms with van der Waals surface area (Å²) in [7, 11) is 3.85. The summed E-state index contributed by atoms with van der Waals surface area (Å²) in [4.78, 5) is 24.8. The van der Waals surface area contributed by atoms with E-state index in [1.807, 2.05) is 62.1 Å². The maximum absolute atomic E-state index is 13.2. The number of para-hydroxylation sites is 1. The average Bonchev–Trinajstić information content (AvgIpc) is 3.78. The van der Waals surface area contributed by atoms with Crippen molar-refractivity contribution in [2.45, 2.75) is 132 Å². The molecule has 0 aromatic heterocycles. The van der Waals surface area contributed by atoms with Crippen LogP contribution < -0.4 is 19.1 Å². The number of ether oxygens (including phenoxy) is 3. The lowest BCUT2D eigenvalue weighted by atomic mass is 9.86. The van der Waals surface area contributed by atoms with Gasteiger partial charge in [0.15, 0.2) is 11.5 Å². The molecule has 3 aromatic rings. The molecule has 0 N–H and O–H groups in total.